The van der Waals surface area contributed by atoms with E-state index < -0.39 is 12.4 Å². The highest BCUT2D eigenvalue weighted by Crippen LogP contribution is 2.27. The Morgan fingerprint density at radius 3 is 2.66 bits per heavy atom. The van der Waals surface area contributed by atoms with Crippen LogP contribution in [0.3, 0.4) is 0 Å². The zero-order valence-electron chi connectivity index (χ0n) is 16.9. The second-order valence-corrected chi connectivity index (χ2v) is 6.78. The van der Waals surface area contributed by atoms with Gasteiger partial charge in [0.05, 0.1) is 10.6 Å². The van der Waals surface area contributed by atoms with Crippen molar-refractivity contribution < 1.29 is 28.3 Å². The maximum atomic E-state index is 15.2. The average molecular weight is 461 g/mol. The Kier molecular flexibility index (Phi) is 6.81. The number of rotatable bonds is 6. The molecule has 0 bridgehead atoms. The smallest absolute Gasteiger partial charge is 0.280 e. The summed E-state index contributed by atoms with van der Waals surface area (Å²) in [4.78, 5) is 17.9. The first-order valence-corrected chi connectivity index (χ1v) is 9.91. The SMILES string of the molecule is CON=C(C1=NOCCO1)c1ccccc1OC1N=CN=C(Oc2ccccc2Cl)C1F. The van der Waals surface area contributed by atoms with E-state index in [1.807, 2.05) is 0 Å². The van der Waals surface area contributed by atoms with Gasteiger partial charge in [0.1, 0.15) is 31.6 Å². The number of halogens is 2. The largest absolute Gasteiger partial charge is 0.470 e. The number of benzene rings is 2. The highest BCUT2D eigenvalue weighted by molar-refractivity contribution is 6.45. The van der Waals surface area contributed by atoms with E-state index in [1.165, 1.54) is 13.4 Å². The van der Waals surface area contributed by atoms with Crippen LogP contribution in [0.5, 0.6) is 11.5 Å². The quantitative estimate of drug-likeness (QED) is 0.484. The molecular formula is C21H18ClFN4O5. The molecule has 2 atom stereocenters. The second kappa shape index (κ2) is 10.1. The Bertz CT molecular complexity index is 1090. The molecule has 2 heterocycles. The van der Waals surface area contributed by atoms with E-state index >= 15 is 4.39 Å². The Morgan fingerprint density at radius 1 is 1.12 bits per heavy atom. The molecule has 0 N–H and O–H groups in total. The van der Waals surface area contributed by atoms with E-state index in [0.717, 1.165) is 0 Å². The van der Waals surface area contributed by atoms with Crippen LogP contribution in [0.4, 0.5) is 4.39 Å². The second-order valence-electron chi connectivity index (χ2n) is 6.37. The fourth-order valence-corrected chi connectivity index (χ4v) is 3.02. The molecule has 2 aromatic rings. The van der Waals surface area contributed by atoms with Gasteiger partial charge in [0, 0.05) is 0 Å². The number of para-hydroxylation sites is 2. The number of hydrogen-bond donors (Lipinski definition) is 0. The van der Waals surface area contributed by atoms with Gasteiger partial charge in [-0.25, -0.2) is 14.4 Å². The maximum Gasteiger partial charge on any atom is 0.280 e. The Balaban J connectivity index is 1.57. The molecule has 32 heavy (non-hydrogen) atoms. The minimum absolute atomic E-state index is 0.113. The summed E-state index contributed by atoms with van der Waals surface area (Å²) < 4.78 is 32.1. The predicted octanol–water partition coefficient (Wildman–Crippen LogP) is 3.61. The van der Waals surface area contributed by atoms with Gasteiger partial charge in [-0.1, -0.05) is 41.0 Å². The van der Waals surface area contributed by atoms with Gasteiger partial charge in [-0.15, -0.1) is 0 Å². The molecule has 11 heteroatoms. The first-order chi connectivity index (χ1) is 15.7. The van der Waals surface area contributed by atoms with Crippen LogP contribution in [0.15, 0.2) is 68.8 Å². The molecular weight excluding hydrogens is 443 g/mol. The molecule has 0 spiro atoms. The standard InChI is InChI=1S/C21H18ClFN4O5/c1-28-26-18(21-27-30-11-10-29-21)13-6-2-4-8-15(13)31-19-17(23)20(25-12-24-19)32-16-9-5-3-7-14(16)22/h2-9,12,17,19H,10-11H2,1H3. The number of ether oxygens (including phenoxy) is 3. The average Bonchev–Trinajstić information content (AvgIpc) is 2.82. The van der Waals surface area contributed by atoms with Gasteiger partial charge in [0.25, 0.3) is 5.90 Å². The summed E-state index contributed by atoms with van der Waals surface area (Å²) >= 11 is 6.09. The van der Waals surface area contributed by atoms with Crippen LogP contribution in [-0.4, -0.2) is 56.6 Å². The molecule has 4 rings (SSSR count). The highest BCUT2D eigenvalue weighted by atomic mass is 35.5. The number of aliphatic imine (C=N–C) groups is 2. The van der Waals surface area contributed by atoms with Crippen LogP contribution in [0.25, 0.3) is 0 Å². The van der Waals surface area contributed by atoms with Crippen molar-refractivity contribution in [1.82, 2.24) is 0 Å². The van der Waals surface area contributed by atoms with Crippen molar-refractivity contribution in [2.75, 3.05) is 20.3 Å². The molecule has 2 aliphatic heterocycles. The lowest BCUT2D eigenvalue weighted by molar-refractivity contribution is 0.0672. The summed E-state index contributed by atoms with van der Waals surface area (Å²) in [5, 5.41) is 8.17. The first kappa shape index (κ1) is 21.6. The molecule has 0 saturated carbocycles. The first-order valence-electron chi connectivity index (χ1n) is 9.53. The lowest BCUT2D eigenvalue weighted by Crippen LogP contribution is -2.39. The van der Waals surface area contributed by atoms with Crippen LogP contribution < -0.4 is 9.47 Å². The molecule has 166 valence electrons. The molecule has 0 aromatic heterocycles. The topological polar surface area (TPSA) is 95.6 Å². The van der Waals surface area contributed by atoms with E-state index in [2.05, 4.69) is 20.3 Å². The van der Waals surface area contributed by atoms with Crippen molar-refractivity contribution in [3.8, 4) is 11.5 Å². The Labute approximate surface area is 187 Å². The highest BCUT2D eigenvalue weighted by Gasteiger charge is 2.33. The van der Waals surface area contributed by atoms with Gasteiger partial charge < -0.3 is 23.9 Å². The molecule has 9 nitrogen and oxygen atoms in total. The minimum Gasteiger partial charge on any atom is -0.470 e. The molecule has 2 aliphatic rings. The number of alkyl halides is 1. The van der Waals surface area contributed by atoms with Gasteiger partial charge in [-0.2, -0.15) is 0 Å². The zero-order chi connectivity index (χ0) is 22.3. The molecule has 0 aliphatic carbocycles. The normalized spacial score (nSPS) is 20.4. The Morgan fingerprint density at radius 2 is 1.91 bits per heavy atom. The molecule has 0 saturated heterocycles. The van der Waals surface area contributed by atoms with Crippen molar-refractivity contribution in [3.05, 3.63) is 59.1 Å². The van der Waals surface area contributed by atoms with Crippen molar-refractivity contribution in [3.63, 3.8) is 0 Å². The zero-order valence-corrected chi connectivity index (χ0v) is 17.6. The lowest BCUT2D eigenvalue weighted by Gasteiger charge is -2.24. The van der Waals surface area contributed by atoms with E-state index in [9.17, 15) is 0 Å². The molecule has 0 fully saturated rings. The van der Waals surface area contributed by atoms with Gasteiger partial charge in [0.15, 0.2) is 12.3 Å². The molecule has 0 amide bonds. The number of nitrogens with zero attached hydrogens (tertiary/aromatic N) is 4. The summed E-state index contributed by atoms with van der Waals surface area (Å²) in [6.45, 7) is 0.610. The summed E-state index contributed by atoms with van der Waals surface area (Å²) in [5.41, 5.74) is 0.663. The van der Waals surface area contributed by atoms with Crippen LogP contribution in [-0.2, 0) is 14.4 Å². The van der Waals surface area contributed by atoms with Crippen molar-refractivity contribution in [2.45, 2.75) is 12.4 Å². The van der Waals surface area contributed by atoms with Crippen LogP contribution in [0, 0.1) is 0 Å². The molecule has 2 aromatic carbocycles. The van der Waals surface area contributed by atoms with Crippen molar-refractivity contribution in [1.29, 1.82) is 0 Å². The van der Waals surface area contributed by atoms with E-state index in [1.54, 1.807) is 48.5 Å². The van der Waals surface area contributed by atoms with Gasteiger partial charge >= 0.3 is 0 Å². The van der Waals surface area contributed by atoms with Crippen molar-refractivity contribution in [2.24, 2.45) is 20.3 Å². The fourth-order valence-electron chi connectivity index (χ4n) is 2.85. The summed E-state index contributed by atoms with van der Waals surface area (Å²) in [6, 6.07) is 13.5. The van der Waals surface area contributed by atoms with E-state index in [-0.39, 0.29) is 29.0 Å². The summed E-state index contributed by atoms with van der Waals surface area (Å²) in [6.07, 6.45) is -1.89. The van der Waals surface area contributed by atoms with Crippen LogP contribution in [0.1, 0.15) is 5.56 Å². The number of hydrogen-bond acceptors (Lipinski definition) is 9. The summed E-state index contributed by atoms with van der Waals surface area (Å²) in [5.74, 6) is 0.424. The minimum atomic E-state index is -1.79. The maximum absolute atomic E-state index is 15.2. The Hall–Kier alpha value is -3.66. The van der Waals surface area contributed by atoms with E-state index in [0.29, 0.717) is 23.8 Å². The third-order valence-electron chi connectivity index (χ3n) is 4.27. The van der Waals surface area contributed by atoms with Gasteiger partial charge in [-0.3, -0.25) is 0 Å². The predicted molar refractivity (Wildman–Crippen MR) is 117 cm³/mol. The lowest BCUT2D eigenvalue weighted by atomic mass is 10.1. The third-order valence-corrected chi connectivity index (χ3v) is 4.58. The molecule has 2 unspecified atom stereocenters. The summed E-state index contributed by atoms with van der Waals surface area (Å²) in [7, 11) is 1.38. The van der Waals surface area contributed by atoms with Crippen LogP contribution >= 0.6 is 11.6 Å². The fraction of sp³-hybridized carbons (Fsp3) is 0.238. The van der Waals surface area contributed by atoms with Gasteiger partial charge in [0.2, 0.25) is 18.3 Å². The van der Waals surface area contributed by atoms with Crippen molar-refractivity contribution >= 4 is 35.4 Å². The van der Waals surface area contributed by atoms with Crippen LogP contribution in [0.2, 0.25) is 5.02 Å². The van der Waals surface area contributed by atoms with Gasteiger partial charge in [-0.05, 0) is 29.4 Å². The molecule has 0 radical (unpaired) electrons. The number of oxime groups is 2. The van der Waals surface area contributed by atoms with E-state index in [4.69, 9.17) is 35.5 Å². The third kappa shape index (κ3) is 4.80. The monoisotopic (exact) mass is 460 g/mol.